The number of rotatable bonds is 11. The van der Waals surface area contributed by atoms with Gasteiger partial charge in [-0.2, -0.15) is 4.31 Å². The van der Waals surface area contributed by atoms with E-state index in [-0.39, 0.29) is 39.9 Å². The van der Waals surface area contributed by atoms with E-state index in [2.05, 4.69) is 27.0 Å². The van der Waals surface area contributed by atoms with Crippen LogP contribution < -0.4 is 23.8 Å². The second-order valence-electron chi connectivity index (χ2n) is 12.9. The number of fused-ring (bicyclic) bond motifs is 1. The van der Waals surface area contributed by atoms with Gasteiger partial charge in [0.2, 0.25) is 5.88 Å². The standard InChI is InChI=1S/C36H44ClFN6O7S/c1-5-14-41-17-19-42(20-18-41)24-11-15-43(16-12-24)35(46)40-36(26-8-7-13-39-33(26)51-6-2)27-22-29(38)28(37)23-30(27)44(34(36)45)52(47,48)32-10-9-25(49-3)21-31(32)50-4/h7-10,13,21-24H,5-6,11-12,14-20H2,1-4H3,(H,40,46). The van der Waals surface area contributed by atoms with Gasteiger partial charge in [-0.15, -0.1) is 0 Å². The van der Waals surface area contributed by atoms with Crippen LogP contribution in [0, 0.1) is 5.82 Å². The van der Waals surface area contributed by atoms with E-state index in [1.165, 1.54) is 50.7 Å². The number of sulfonamides is 1. The molecule has 4 heterocycles. The van der Waals surface area contributed by atoms with E-state index < -0.39 is 38.3 Å². The molecule has 2 fully saturated rings. The molecule has 3 amide bonds. The summed E-state index contributed by atoms with van der Waals surface area (Å²) in [5, 5.41) is 2.45. The molecule has 3 aromatic rings. The minimum Gasteiger partial charge on any atom is -0.497 e. The van der Waals surface area contributed by atoms with Crippen LogP contribution in [0.1, 0.15) is 44.2 Å². The number of methoxy groups -OCH3 is 2. The highest BCUT2D eigenvalue weighted by atomic mass is 35.5. The van der Waals surface area contributed by atoms with Crippen LogP contribution >= 0.6 is 11.6 Å². The number of piperazine rings is 1. The lowest BCUT2D eigenvalue weighted by Gasteiger charge is -2.43. The SMILES string of the molecule is CCCN1CCN(C2CCN(C(=O)NC3(c4cccnc4OCC)C(=O)N(S(=O)(=O)c4ccc(OC)cc4OC)c4cc(Cl)c(F)cc43)CC2)CC1. The number of anilines is 1. The Kier molecular flexibility index (Phi) is 11.1. The third-order valence-electron chi connectivity index (χ3n) is 10.0. The van der Waals surface area contributed by atoms with Crippen LogP contribution in [0.4, 0.5) is 14.9 Å². The van der Waals surface area contributed by atoms with Crippen LogP contribution in [-0.2, 0) is 20.4 Å². The second kappa shape index (κ2) is 15.4. The highest BCUT2D eigenvalue weighted by Crippen LogP contribution is 2.51. The van der Waals surface area contributed by atoms with E-state index in [1.54, 1.807) is 11.8 Å². The van der Waals surface area contributed by atoms with Gasteiger partial charge >= 0.3 is 6.03 Å². The monoisotopic (exact) mass is 758 g/mol. The number of amides is 3. The lowest BCUT2D eigenvalue weighted by atomic mass is 9.84. The number of urea groups is 1. The number of ether oxygens (including phenoxy) is 3. The van der Waals surface area contributed by atoms with Crippen molar-refractivity contribution in [1.82, 2.24) is 25.0 Å². The highest BCUT2D eigenvalue weighted by Gasteiger charge is 2.59. The summed E-state index contributed by atoms with van der Waals surface area (Å²) in [6, 6.07) is 8.76. The predicted molar refractivity (Wildman–Crippen MR) is 193 cm³/mol. The first-order valence-corrected chi connectivity index (χ1v) is 19.2. The maximum absolute atomic E-state index is 15.5. The molecular weight excluding hydrogens is 715 g/mol. The molecule has 3 aliphatic heterocycles. The lowest BCUT2D eigenvalue weighted by Crippen LogP contribution is -2.59. The molecular formula is C36H44ClFN6O7S. The number of nitrogens with zero attached hydrogens (tertiary/aromatic N) is 5. The number of likely N-dealkylation sites (tertiary alicyclic amines) is 1. The van der Waals surface area contributed by atoms with Crippen molar-refractivity contribution in [2.24, 2.45) is 0 Å². The summed E-state index contributed by atoms with van der Waals surface area (Å²) >= 11 is 6.26. The Hall–Kier alpha value is -4.18. The van der Waals surface area contributed by atoms with E-state index in [9.17, 15) is 13.2 Å². The zero-order chi connectivity index (χ0) is 37.2. The molecule has 6 rings (SSSR count). The summed E-state index contributed by atoms with van der Waals surface area (Å²) in [4.78, 5) is 40.0. The number of halogens is 2. The van der Waals surface area contributed by atoms with Crippen molar-refractivity contribution in [1.29, 1.82) is 0 Å². The van der Waals surface area contributed by atoms with Crippen LogP contribution in [0.2, 0.25) is 5.02 Å². The molecule has 0 aliphatic carbocycles. The summed E-state index contributed by atoms with van der Waals surface area (Å²) in [5.74, 6) is -1.86. The maximum Gasteiger partial charge on any atom is 0.318 e. The smallest absolute Gasteiger partial charge is 0.318 e. The number of hydrogen-bond donors (Lipinski definition) is 1. The van der Waals surface area contributed by atoms with E-state index in [1.807, 2.05) is 0 Å². The third-order valence-corrected chi connectivity index (χ3v) is 12.0. The minimum absolute atomic E-state index is 0.0254. The number of pyridine rings is 1. The van der Waals surface area contributed by atoms with Gasteiger partial charge in [0.1, 0.15) is 22.2 Å². The minimum atomic E-state index is -4.80. The average molecular weight is 759 g/mol. The van der Waals surface area contributed by atoms with Crippen LogP contribution in [0.25, 0.3) is 0 Å². The Balaban J connectivity index is 1.41. The van der Waals surface area contributed by atoms with Gasteiger partial charge in [0.15, 0.2) is 5.54 Å². The number of benzene rings is 2. The summed E-state index contributed by atoms with van der Waals surface area (Å²) in [6.45, 7) is 9.85. The molecule has 0 saturated carbocycles. The zero-order valence-electron chi connectivity index (χ0n) is 29.7. The first kappa shape index (κ1) is 37.6. The number of carbonyl (C=O) groups excluding carboxylic acids is 2. The van der Waals surface area contributed by atoms with E-state index in [0.29, 0.717) is 29.2 Å². The number of piperidine rings is 1. The molecule has 2 aromatic carbocycles. The van der Waals surface area contributed by atoms with Crippen LogP contribution in [0.3, 0.4) is 0 Å². The Labute approximate surface area is 308 Å². The normalized spacial score (nSPS) is 20.2. The molecule has 1 unspecified atom stereocenters. The number of nitrogens with one attached hydrogen (secondary N) is 1. The Morgan fingerprint density at radius 2 is 1.75 bits per heavy atom. The van der Waals surface area contributed by atoms with Gasteiger partial charge in [0.25, 0.3) is 15.9 Å². The fraction of sp³-hybridized carbons (Fsp3) is 0.472. The topological polar surface area (TPSA) is 134 Å². The molecule has 1 N–H and O–H groups in total. The molecule has 1 atom stereocenters. The Bertz CT molecular complexity index is 1920. The summed E-state index contributed by atoms with van der Waals surface area (Å²) in [6.07, 6.45) is 4.00. The largest absolute Gasteiger partial charge is 0.497 e. The van der Waals surface area contributed by atoms with E-state index in [0.717, 1.165) is 64.1 Å². The van der Waals surface area contributed by atoms with Crippen molar-refractivity contribution in [2.45, 2.75) is 49.6 Å². The van der Waals surface area contributed by atoms with Crippen molar-refractivity contribution in [3.8, 4) is 17.4 Å². The van der Waals surface area contributed by atoms with Gasteiger partial charge < -0.3 is 29.3 Å². The van der Waals surface area contributed by atoms with Gasteiger partial charge in [-0.25, -0.2) is 22.6 Å². The fourth-order valence-electron chi connectivity index (χ4n) is 7.42. The summed E-state index contributed by atoms with van der Waals surface area (Å²) in [5.41, 5.74) is -2.67. The van der Waals surface area contributed by atoms with Crippen LogP contribution in [-0.4, -0.2) is 113 Å². The van der Waals surface area contributed by atoms with Crippen molar-refractivity contribution in [2.75, 3.05) is 70.9 Å². The number of aromatic nitrogens is 1. The highest BCUT2D eigenvalue weighted by molar-refractivity contribution is 7.93. The molecule has 0 bridgehead atoms. The second-order valence-corrected chi connectivity index (χ2v) is 15.1. The molecule has 0 spiro atoms. The molecule has 52 heavy (non-hydrogen) atoms. The third kappa shape index (κ3) is 6.74. The van der Waals surface area contributed by atoms with Gasteiger partial charge in [0, 0.05) is 63.1 Å². The van der Waals surface area contributed by atoms with Crippen LogP contribution in [0.5, 0.6) is 17.4 Å². The van der Waals surface area contributed by atoms with Crippen molar-refractivity contribution in [3.05, 3.63) is 70.6 Å². The molecule has 16 heteroatoms. The fourth-order valence-corrected chi connectivity index (χ4v) is 9.18. The lowest BCUT2D eigenvalue weighted by molar-refractivity contribution is -0.121. The molecule has 280 valence electrons. The van der Waals surface area contributed by atoms with Gasteiger partial charge in [0.05, 0.1) is 37.1 Å². The Morgan fingerprint density at radius 3 is 2.40 bits per heavy atom. The van der Waals surface area contributed by atoms with Crippen LogP contribution in [0.15, 0.2) is 53.6 Å². The van der Waals surface area contributed by atoms with Crippen molar-refractivity contribution >= 4 is 39.2 Å². The summed E-state index contributed by atoms with van der Waals surface area (Å²) < 4.78 is 61.8. The molecule has 3 aliphatic rings. The zero-order valence-corrected chi connectivity index (χ0v) is 31.3. The maximum atomic E-state index is 15.5. The predicted octanol–water partition coefficient (Wildman–Crippen LogP) is 4.47. The first-order valence-electron chi connectivity index (χ1n) is 17.4. The van der Waals surface area contributed by atoms with Crippen molar-refractivity contribution < 1.29 is 36.6 Å². The molecule has 13 nitrogen and oxygen atoms in total. The van der Waals surface area contributed by atoms with Gasteiger partial charge in [-0.05, 0) is 69.1 Å². The summed E-state index contributed by atoms with van der Waals surface area (Å²) in [7, 11) is -2.11. The molecule has 1 aromatic heterocycles. The van der Waals surface area contributed by atoms with Crippen molar-refractivity contribution in [3.63, 3.8) is 0 Å². The number of hydrogen-bond acceptors (Lipinski definition) is 10. The quantitative estimate of drug-likeness (QED) is 0.299. The van der Waals surface area contributed by atoms with Gasteiger partial charge in [-0.3, -0.25) is 9.69 Å². The molecule has 2 saturated heterocycles. The van der Waals surface area contributed by atoms with Gasteiger partial charge in [-0.1, -0.05) is 18.5 Å². The Morgan fingerprint density at radius 1 is 1.02 bits per heavy atom. The molecule has 0 radical (unpaired) electrons. The van der Waals surface area contributed by atoms with E-state index >= 15 is 9.18 Å². The average Bonchev–Trinajstić information content (AvgIpc) is 3.39. The van der Waals surface area contributed by atoms with E-state index in [4.69, 9.17) is 25.8 Å². The number of carbonyl (C=O) groups is 2. The first-order chi connectivity index (χ1) is 25.0.